The average molecular weight is 365 g/mol. The highest BCUT2D eigenvalue weighted by Crippen LogP contribution is 2.36. The molecule has 134 valence electrons. The first-order valence-corrected chi connectivity index (χ1v) is 8.28. The van der Waals surface area contributed by atoms with Crippen molar-refractivity contribution in [2.45, 2.75) is 6.18 Å². The summed E-state index contributed by atoms with van der Waals surface area (Å²) in [6.07, 6.45) is -4.47. The van der Waals surface area contributed by atoms with Crippen molar-refractivity contribution in [3.63, 3.8) is 0 Å². The van der Waals surface area contributed by atoms with Gasteiger partial charge in [-0.05, 0) is 18.2 Å². The Morgan fingerprint density at radius 2 is 1.37 bits per heavy atom. The molecule has 4 aromatic rings. The molecule has 0 amide bonds. The number of hydrogen-bond acceptors (Lipinski definition) is 3. The Morgan fingerprint density at radius 1 is 0.704 bits per heavy atom. The molecule has 0 aliphatic heterocycles. The van der Waals surface area contributed by atoms with Gasteiger partial charge >= 0.3 is 6.18 Å². The third-order valence-electron chi connectivity index (χ3n) is 4.13. The van der Waals surface area contributed by atoms with Gasteiger partial charge in [-0.3, -0.25) is 0 Å². The standard InChI is InChI=1S/C21H14F3N3/c22-21(23,24)16-11-5-7-13-18(16)26-20-25-17-12-6-4-10-15(17)19(27-20)14-8-2-1-3-9-14/h1-13H,(H,25,26,27). The third-order valence-corrected chi connectivity index (χ3v) is 4.13. The van der Waals surface area contributed by atoms with Gasteiger partial charge in [0.2, 0.25) is 5.95 Å². The Labute approximate surface area is 153 Å². The maximum absolute atomic E-state index is 13.3. The molecule has 0 saturated carbocycles. The first-order valence-electron chi connectivity index (χ1n) is 8.28. The zero-order valence-electron chi connectivity index (χ0n) is 14.0. The van der Waals surface area contributed by atoms with Gasteiger partial charge in [-0.25, -0.2) is 9.97 Å². The number of benzene rings is 3. The molecule has 27 heavy (non-hydrogen) atoms. The molecule has 0 aliphatic rings. The van der Waals surface area contributed by atoms with E-state index in [1.807, 2.05) is 54.6 Å². The highest BCUT2D eigenvalue weighted by molar-refractivity contribution is 5.93. The lowest BCUT2D eigenvalue weighted by Crippen LogP contribution is -2.09. The molecule has 0 saturated heterocycles. The number of alkyl halides is 3. The number of hydrogen-bond donors (Lipinski definition) is 1. The number of nitrogens with zero attached hydrogens (tertiary/aromatic N) is 2. The summed E-state index contributed by atoms with van der Waals surface area (Å²) in [7, 11) is 0. The number of halogens is 3. The van der Waals surface area contributed by atoms with Crippen molar-refractivity contribution in [2.24, 2.45) is 0 Å². The normalized spacial score (nSPS) is 11.5. The fourth-order valence-corrected chi connectivity index (χ4v) is 2.91. The summed E-state index contributed by atoms with van der Waals surface area (Å²) in [5.41, 5.74) is 1.33. The molecule has 1 aromatic heterocycles. The molecular formula is C21H14F3N3. The van der Waals surface area contributed by atoms with Gasteiger partial charge < -0.3 is 5.32 Å². The summed E-state index contributed by atoms with van der Waals surface area (Å²) in [6.45, 7) is 0. The second-order valence-corrected chi connectivity index (χ2v) is 5.95. The van der Waals surface area contributed by atoms with Gasteiger partial charge in [0.1, 0.15) is 0 Å². The molecule has 4 rings (SSSR count). The van der Waals surface area contributed by atoms with Gasteiger partial charge in [-0.2, -0.15) is 13.2 Å². The zero-order chi connectivity index (χ0) is 18.9. The highest BCUT2D eigenvalue weighted by Gasteiger charge is 2.33. The monoisotopic (exact) mass is 365 g/mol. The van der Waals surface area contributed by atoms with E-state index in [4.69, 9.17) is 0 Å². The van der Waals surface area contributed by atoms with E-state index >= 15 is 0 Å². The zero-order valence-corrected chi connectivity index (χ0v) is 14.0. The van der Waals surface area contributed by atoms with Crippen LogP contribution in [0.3, 0.4) is 0 Å². The van der Waals surface area contributed by atoms with Crippen LogP contribution in [0.5, 0.6) is 0 Å². The maximum atomic E-state index is 13.3. The molecule has 0 aliphatic carbocycles. The first-order chi connectivity index (χ1) is 13.0. The molecular weight excluding hydrogens is 351 g/mol. The lowest BCUT2D eigenvalue weighted by Gasteiger charge is -2.15. The van der Waals surface area contributed by atoms with Crippen LogP contribution in [0.4, 0.5) is 24.8 Å². The van der Waals surface area contributed by atoms with Gasteiger partial charge in [0.05, 0.1) is 22.5 Å². The minimum atomic E-state index is -4.47. The summed E-state index contributed by atoms with van der Waals surface area (Å²) in [5.74, 6) is 0.115. The van der Waals surface area contributed by atoms with Crippen molar-refractivity contribution in [3.8, 4) is 11.3 Å². The average Bonchev–Trinajstić information content (AvgIpc) is 2.68. The van der Waals surface area contributed by atoms with Crippen LogP contribution in [0.15, 0.2) is 78.9 Å². The van der Waals surface area contributed by atoms with Crippen molar-refractivity contribution < 1.29 is 13.2 Å². The Balaban J connectivity index is 1.85. The Morgan fingerprint density at radius 3 is 2.15 bits per heavy atom. The van der Waals surface area contributed by atoms with Crippen molar-refractivity contribution in [1.29, 1.82) is 0 Å². The number of nitrogens with one attached hydrogen (secondary N) is 1. The topological polar surface area (TPSA) is 37.8 Å². The van der Waals surface area contributed by atoms with Crippen LogP contribution in [-0.2, 0) is 6.18 Å². The van der Waals surface area contributed by atoms with Crippen LogP contribution in [0.25, 0.3) is 22.2 Å². The van der Waals surface area contributed by atoms with Crippen LogP contribution >= 0.6 is 0 Å². The summed E-state index contributed by atoms with van der Waals surface area (Å²) >= 11 is 0. The molecule has 3 nitrogen and oxygen atoms in total. The first kappa shape index (κ1) is 17.0. The van der Waals surface area contributed by atoms with E-state index in [9.17, 15) is 13.2 Å². The molecule has 6 heteroatoms. The van der Waals surface area contributed by atoms with Crippen LogP contribution in [0.1, 0.15) is 5.56 Å². The Bertz CT molecular complexity index is 1090. The van der Waals surface area contributed by atoms with E-state index in [0.717, 1.165) is 17.0 Å². The molecule has 1 N–H and O–H groups in total. The quantitative estimate of drug-likeness (QED) is 0.480. The minimum Gasteiger partial charge on any atom is -0.324 e. The number of para-hydroxylation sites is 2. The van der Waals surface area contributed by atoms with Gasteiger partial charge in [-0.15, -0.1) is 0 Å². The van der Waals surface area contributed by atoms with E-state index < -0.39 is 11.7 Å². The predicted molar refractivity (Wildman–Crippen MR) is 99.7 cm³/mol. The van der Waals surface area contributed by atoms with E-state index in [0.29, 0.717) is 11.2 Å². The largest absolute Gasteiger partial charge is 0.418 e. The van der Waals surface area contributed by atoms with Crippen LogP contribution in [0.2, 0.25) is 0 Å². The van der Waals surface area contributed by atoms with Crippen molar-refractivity contribution >= 4 is 22.5 Å². The lowest BCUT2D eigenvalue weighted by atomic mass is 10.1. The van der Waals surface area contributed by atoms with Crippen LogP contribution in [-0.4, -0.2) is 9.97 Å². The Hall–Kier alpha value is -3.41. The molecule has 0 atom stereocenters. The van der Waals surface area contributed by atoms with Crippen molar-refractivity contribution in [3.05, 3.63) is 84.4 Å². The van der Waals surface area contributed by atoms with E-state index in [2.05, 4.69) is 15.3 Å². The van der Waals surface area contributed by atoms with E-state index in [-0.39, 0.29) is 11.6 Å². The molecule has 0 unspecified atom stereocenters. The van der Waals surface area contributed by atoms with Gasteiger partial charge in [0.15, 0.2) is 0 Å². The van der Waals surface area contributed by atoms with E-state index in [1.165, 1.54) is 18.2 Å². The molecule has 0 bridgehead atoms. The highest BCUT2D eigenvalue weighted by atomic mass is 19.4. The Kier molecular flexibility index (Phi) is 4.24. The van der Waals surface area contributed by atoms with Crippen molar-refractivity contribution in [2.75, 3.05) is 5.32 Å². The fourth-order valence-electron chi connectivity index (χ4n) is 2.91. The minimum absolute atomic E-state index is 0.0840. The fraction of sp³-hybridized carbons (Fsp3) is 0.0476. The number of rotatable bonds is 3. The lowest BCUT2D eigenvalue weighted by molar-refractivity contribution is -0.136. The number of fused-ring (bicyclic) bond motifs is 1. The smallest absolute Gasteiger partial charge is 0.324 e. The number of anilines is 2. The summed E-state index contributed by atoms with van der Waals surface area (Å²) < 4.78 is 39.8. The number of aromatic nitrogens is 2. The van der Waals surface area contributed by atoms with E-state index in [1.54, 1.807) is 0 Å². The van der Waals surface area contributed by atoms with Crippen LogP contribution in [0, 0.1) is 0 Å². The second-order valence-electron chi connectivity index (χ2n) is 5.95. The maximum Gasteiger partial charge on any atom is 0.418 e. The molecule has 3 aromatic carbocycles. The molecule has 1 heterocycles. The molecule has 0 radical (unpaired) electrons. The SMILES string of the molecule is FC(F)(F)c1ccccc1Nc1nc(-c2ccccc2)c2ccccc2n1. The van der Waals surface area contributed by atoms with Gasteiger partial charge in [0, 0.05) is 10.9 Å². The van der Waals surface area contributed by atoms with Gasteiger partial charge in [-0.1, -0.05) is 60.7 Å². The van der Waals surface area contributed by atoms with Gasteiger partial charge in [0.25, 0.3) is 0 Å². The third kappa shape index (κ3) is 3.46. The molecule has 0 fully saturated rings. The van der Waals surface area contributed by atoms with Crippen molar-refractivity contribution in [1.82, 2.24) is 9.97 Å². The summed E-state index contributed by atoms with van der Waals surface area (Å²) in [6, 6.07) is 22.2. The summed E-state index contributed by atoms with van der Waals surface area (Å²) in [5, 5.41) is 3.57. The predicted octanol–water partition coefficient (Wildman–Crippen LogP) is 6.06. The molecule has 0 spiro atoms. The van der Waals surface area contributed by atoms with Crippen LogP contribution < -0.4 is 5.32 Å². The summed E-state index contributed by atoms with van der Waals surface area (Å²) in [4.78, 5) is 8.89. The second kappa shape index (κ2) is 6.72.